The highest BCUT2D eigenvalue weighted by atomic mass is 16.5. The summed E-state index contributed by atoms with van der Waals surface area (Å²) in [5.74, 6) is 2.83. The number of pyridine rings is 1. The molecule has 8 nitrogen and oxygen atoms in total. The van der Waals surface area contributed by atoms with Gasteiger partial charge in [-0.2, -0.15) is 0 Å². The molecule has 2 aliphatic carbocycles. The van der Waals surface area contributed by atoms with Crippen molar-refractivity contribution in [3.63, 3.8) is 0 Å². The maximum Gasteiger partial charge on any atom is 0.253 e. The Balaban J connectivity index is 1.25. The maximum absolute atomic E-state index is 12.8. The Hall–Kier alpha value is -2.32. The second-order valence-corrected chi connectivity index (χ2v) is 9.18. The number of rotatable bonds is 7. The summed E-state index contributed by atoms with van der Waals surface area (Å²) < 4.78 is 8.34. The van der Waals surface area contributed by atoms with E-state index in [0.29, 0.717) is 23.3 Å². The Bertz CT molecular complexity index is 868. The second-order valence-electron chi connectivity index (χ2n) is 9.18. The van der Waals surface area contributed by atoms with Crippen molar-refractivity contribution in [2.45, 2.75) is 44.4 Å². The van der Waals surface area contributed by atoms with Crippen molar-refractivity contribution in [2.75, 3.05) is 19.7 Å². The summed E-state index contributed by atoms with van der Waals surface area (Å²) in [5.41, 5.74) is 0.607. The van der Waals surface area contributed by atoms with Gasteiger partial charge in [0.05, 0.1) is 24.3 Å². The van der Waals surface area contributed by atoms with Crippen molar-refractivity contribution >= 4 is 5.91 Å². The predicted octanol–water partition coefficient (Wildman–Crippen LogP) is 1.65. The Morgan fingerprint density at radius 2 is 2.10 bits per heavy atom. The topological polar surface area (TPSA) is 85.2 Å². The number of carbonyl (C=O) groups excluding carboxylic acids is 1. The van der Waals surface area contributed by atoms with Gasteiger partial charge in [0.15, 0.2) is 0 Å². The van der Waals surface area contributed by atoms with Crippen LogP contribution in [0, 0.1) is 17.8 Å². The van der Waals surface area contributed by atoms with Crippen LogP contribution in [0.1, 0.15) is 41.9 Å². The molecule has 5 rings (SSSR count). The molecule has 8 heteroatoms. The van der Waals surface area contributed by atoms with E-state index >= 15 is 0 Å². The fourth-order valence-electron chi connectivity index (χ4n) is 4.92. The van der Waals surface area contributed by atoms with E-state index in [4.69, 9.17) is 4.74 Å². The summed E-state index contributed by atoms with van der Waals surface area (Å²) in [7, 11) is 1.99. The number of hydrogen-bond donors (Lipinski definition) is 1. The van der Waals surface area contributed by atoms with Crippen molar-refractivity contribution in [1.29, 1.82) is 0 Å². The lowest BCUT2D eigenvalue weighted by Crippen LogP contribution is -2.50. The number of amides is 1. The molecule has 2 saturated carbocycles. The third kappa shape index (κ3) is 4.39. The van der Waals surface area contributed by atoms with Crippen LogP contribution in [0.5, 0.6) is 0 Å². The van der Waals surface area contributed by atoms with Crippen LogP contribution in [0.4, 0.5) is 0 Å². The Kier molecular flexibility index (Phi) is 5.52. The highest BCUT2D eigenvalue weighted by molar-refractivity contribution is 5.94. The van der Waals surface area contributed by atoms with Gasteiger partial charge < -0.3 is 14.6 Å². The average molecular weight is 411 g/mol. The SMILES string of the molecule is Cn1cnnc1CN1C[C@H]2C[C@H](OCC3CC3)[C@@H](NC(=O)c3cccnc3)C[C@H]2C1. The molecule has 0 unspecified atom stereocenters. The molecule has 1 N–H and O–H groups in total. The highest BCUT2D eigenvalue weighted by Crippen LogP contribution is 2.39. The largest absolute Gasteiger partial charge is 0.376 e. The minimum atomic E-state index is -0.0551. The first kappa shape index (κ1) is 19.6. The minimum Gasteiger partial charge on any atom is -0.376 e. The molecule has 4 atom stereocenters. The van der Waals surface area contributed by atoms with Crippen LogP contribution in [0.15, 0.2) is 30.9 Å². The Morgan fingerprint density at radius 3 is 2.80 bits per heavy atom. The molecule has 160 valence electrons. The standard InChI is InChI=1S/C22H30N6O2/c1-27-14-24-26-21(27)12-28-10-17-7-19(25-22(29)16-3-2-6-23-9-16)20(8-18(17)11-28)30-13-15-4-5-15/h2-3,6,9,14-15,17-20H,4-5,7-8,10-13H2,1H3,(H,25,29)/t17-,18+,19-,20-/m0/s1. The molecule has 0 aromatic carbocycles. The van der Waals surface area contributed by atoms with Crippen LogP contribution in [0.2, 0.25) is 0 Å². The van der Waals surface area contributed by atoms with Gasteiger partial charge in [-0.3, -0.25) is 14.7 Å². The van der Waals surface area contributed by atoms with E-state index in [2.05, 4.69) is 25.4 Å². The molecule has 1 aliphatic heterocycles. The number of aryl methyl sites for hydroxylation is 1. The molecule has 3 fully saturated rings. The number of hydrogen-bond acceptors (Lipinski definition) is 6. The number of ether oxygens (including phenoxy) is 1. The molecular weight excluding hydrogens is 380 g/mol. The monoisotopic (exact) mass is 410 g/mol. The van der Waals surface area contributed by atoms with Crippen molar-refractivity contribution in [1.82, 2.24) is 30.0 Å². The van der Waals surface area contributed by atoms with Gasteiger partial charge in [0.1, 0.15) is 12.2 Å². The van der Waals surface area contributed by atoms with Crippen LogP contribution in [0.25, 0.3) is 0 Å². The summed E-state index contributed by atoms with van der Waals surface area (Å²) in [5, 5.41) is 11.5. The molecule has 30 heavy (non-hydrogen) atoms. The maximum atomic E-state index is 12.8. The van der Waals surface area contributed by atoms with Crippen LogP contribution in [0.3, 0.4) is 0 Å². The number of aromatic nitrogens is 4. The molecule has 0 spiro atoms. The molecular formula is C22H30N6O2. The smallest absolute Gasteiger partial charge is 0.253 e. The van der Waals surface area contributed by atoms with Crippen molar-refractivity contribution in [2.24, 2.45) is 24.8 Å². The fourth-order valence-corrected chi connectivity index (χ4v) is 4.92. The highest BCUT2D eigenvalue weighted by Gasteiger charge is 2.43. The number of nitrogens with zero attached hydrogens (tertiary/aromatic N) is 5. The molecule has 1 saturated heterocycles. The van der Waals surface area contributed by atoms with E-state index in [0.717, 1.165) is 44.9 Å². The van der Waals surface area contributed by atoms with E-state index in [-0.39, 0.29) is 18.1 Å². The zero-order valence-corrected chi connectivity index (χ0v) is 17.5. The first-order valence-electron chi connectivity index (χ1n) is 11.0. The lowest BCUT2D eigenvalue weighted by atomic mass is 9.77. The number of carbonyl (C=O) groups is 1. The summed E-state index contributed by atoms with van der Waals surface area (Å²) in [6, 6.07) is 3.66. The Morgan fingerprint density at radius 1 is 1.27 bits per heavy atom. The first-order valence-corrected chi connectivity index (χ1v) is 11.0. The van der Waals surface area contributed by atoms with Crippen molar-refractivity contribution in [3.05, 3.63) is 42.2 Å². The molecule has 1 amide bonds. The van der Waals surface area contributed by atoms with Crippen LogP contribution in [-0.2, 0) is 18.3 Å². The Labute approximate surface area is 177 Å². The number of likely N-dealkylation sites (tertiary alicyclic amines) is 1. The number of fused-ring (bicyclic) bond motifs is 1. The molecule has 3 aliphatic rings. The summed E-state index contributed by atoms with van der Waals surface area (Å²) >= 11 is 0. The van der Waals surface area contributed by atoms with E-state index in [9.17, 15) is 4.79 Å². The quantitative estimate of drug-likeness (QED) is 0.747. The predicted molar refractivity (Wildman–Crippen MR) is 110 cm³/mol. The van der Waals surface area contributed by atoms with Gasteiger partial charge in [-0.05, 0) is 55.6 Å². The normalized spacial score (nSPS) is 29.0. The van der Waals surface area contributed by atoms with Crippen LogP contribution in [-0.4, -0.2) is 62.4 Å². The van der Waals surface area contributed by atoms with E-state index in [1.807, 2.05) is 17.7 Å². The summed E-state index contributed by atoms with van der Waals surface area (Å²) in [4.78, 5) is 19.3. The van der Waals surface area contributed by atoms with Gasteiger partial charge in [-0.1, -0.05) is 0 Å². The second kappa shape index (κ2) is 8.43. The van der Waals surface area contributed by atoms with E-state index in [1.54, 1.807) is 24.8 Å². The van der Waals surface area contributed by atoms with Crippen LogP contribution >= 0.6 is 0 Å². The summed E-state index contributed by atoms with van der Waals surface area (Å²) in [6.07, 6.45) is 9.67. The van der Waals surface area contributed by atoms with Gasteiger partial charge in [0.2, 0.25) is 0 Å². The van der Waals surface area contributed by atoms with Crippen molar-refractivity contribution in [3.8, 4) is 0 Å². The lowest BCUT2D eigenvalue weighted by molar-refractivity contribution is -0.0212. The fraction of sp³-hybridized carbons (Fsp3) is 0.636. The zero-order chi connectivity index (χ0) is 20.5. The zero-order valence-electron chi connectivity index (χ0n) is 17.5. The van der Waals surface area contributed by atoms with Gasteiger partial charge >= 0.3 is 0 Å². The van der Waals surface area contributed by atoms with Crippen LogP contribution < -0.4 is 5.32 Å². The van der Waals surface area contributed by atoms with Gasteiger partial charge in [0, 0.05) is 39.1 Å². The van der Waals surface area contributed by atoms with Gasteiger partial charge in [0.25, 0.3) is 5.91 Å². The van der Waals surface area contributed by atoms with E-state index < -0.39 is 0 Å². The third-order valence-electron chi connectivity index (χ3n) is 6.85. The molecule has 0 bridgehead atoms. The lowest BCUT2D eigenvalue weighted by Gasteiger charge is -2.38. The number of nitrogens with one attached hydrogen (secondary N) is 1. The van der Waals surface area contributed by atoms with Crippen molar-refractivity contribution < 1.29 is 9.53 Å². The summed E-state index contributed by atoms with van der Waals surface area (Å²) in [6.45, 7) is 3.74. The molecule has 2 aromatic heterocycles. The molecule has 2 aromatic rings. The average Bonchev–Trinajstić information content (AvgIpc) is 3.38. The first-order chi connectivity index (χ1) is 14.7. The van der Waals surface area contributed by atoms with E-state index in [1.165, 1.54) is 12.8 Å². The molecule has 3 heterocycles. The third-order valence-corrected chi connectivity index (χ3v) is 6.85. The van der Waals surface area contributed by atoms with Gasteiger partial charge in [-0.15, -0.1) is 10.2 Å². The minimum absolute atomic E-state index is 0.0486. The molecule has 0 radical (unpaired) electrons. The van der Waals surface area contributed by atoms with Gasteiger partial charge in [-0.25, -0.2) is 0 Å².